The lowest BCUT2D eigenvalue weighted by atomic mass is 9.96. The lowest BCUT2D eigenvalue weighted by Crippen LogP contribution is -2.06. The van der Waals surface area contributed by atoms with E-state index < -0.39 is 0 Å². The molecular weight excluding hydrogens is 275 g/mol. The van der Waals surface area contributed by atoms with Gasteiger partial charge in [-0.15, -0.1) is 0 Å². The van der Waals surface area contributed by atoms with Gasteiger partial charge < -0.3 is 10.3 Å². The van der Waals surface area contributed by atoms with Gasteiger partial charge in [0.25, 0.3) is 0 Å². The monoisotopic (exact) mass is 296 g/mol. The Morgan fingerprint density at radius 1 is 1.05 bits per heavy atom. The van der Waals surface area contributed by atoms with Crippen LogP contribution in [0.15, 0.2) is 42.6 Å². The van der Waals surface area contributed by atoms with E-state index in [4.69, 9.17) is 0 Å². The highest BCUT2D eigenvalue weighted by Crippen LogP contribution is 2.38. The van der Waals surface area contributed by atoms with Crippen molar-refractivity contribution in [3.8, 4) is 11.1 Å². The Balaban J connectivity index is 0.000000693. The number of aryl methyl sites for hydroxylation is 3. The van der Waals surface area contributed by atoms with Crippen LogP contribution in [0, 0.1) is 12.7 Å². The Morgan fingerprint density at radius 2 is 1.82 bits per heavy atom. The van der Waals surface area contributed by atoms with Crippen LogP contribution in [-0.2, 0) is 13.0 Å². The van der Waals surface area contributed by atoms with Crippen LogP contribution < -0.4 is 5.73 Å². The maximum atomic E-state index is 14.2. The van der Waals surface area contributed by atoms with E-state index in [2.05, 4.69) is 35.6 Å². The Bertz CT molecular complexity index is 818. The minimum atomic E-state index is -0.143. The summed E-state index contributed by atoms with van der Waals surface area (Å²) in [5.41, 5.74) is 10.1. The van der Waals surface area contributed by atoms with Gasteiger partial charge in [0.1, 0.15) is 5.82 Å². The number of rotatable bonds is 1. The van der Waals surface area contributed by atoms with E-state index >= 15 is 0 Å². The minimum Gasteiger partial charge on any atom is -0.347 e. The van der Waals surface area contributed by atoms with Gasteiger partial charge in [0.05, 0.1) is 5.52 Å². The molecule has 0 unspecified atom stereocenters. The summed E-state index contributed by atoms with van der Waals surface area (Å²) in [5, 5.41) is 1.22. The molecule has 0 saturated carbocycles. The molecule has 22 heavy (non-hydrogen) atoms. The van der Waals surface area contributed by atoms with Crippen molar-refractivity contribution >= 4 is 10.9 Å². The highest BCUT2D eigenvalue weighted by atomic mass is 19.1. The van der Waals surface area contributed by atoms with Crippen molar-refractivity contribution in [2.75, 3.05) is 7.05 Å². The van der Waals surface area contributed by atoms with Crippen LogP contribution in [-0.4, -0.2) is 11.6 Å². The van der Waals surface area contributed by atoms with Crippen molar-refractivity contribution in [1.82, 2.24) is 4.57 Å². The summed E-state index contributed by atoms with van der Waals surface area (Å²) in [6.07, 6.45) is 4.41. The van der Waals surface area contributed by atoms with Gasteiger partial charge in [0, 0.05) is 29.3 Å². The molecule has 0 bridgehead atoms. The first kappa shape index (κ1) is 14.8. The first-order valence-electron chi connectivity index (χ1n) is 7.69. The zero-order chi connectivity index (χ0) is 15.7. The standard InChI is InChI=1S/C18H16FN.CH5N/c1-12-8-9-13-5-4-10-20-11-15(17(12)18(13)20)14-6-2-3-7-16(14)19;1-2/h2-3,6-9,11H,4-5,10H2,1H3;2H2,1H3. The molecule has 114 valence electrons. The number of nitrogens with zero attached hydrogens (tertiary/aromatic N) is 1. The van der Waals surface area contributed by atoms with E-state index in [9.17, 15) is 4.39 Å². The molecule has 0 fully saturated rings. The Labute approximate surface area is 130 Å². The van der Waals surface area contributed by atoms with Crippen LogP contribution >= 0.6 is 0 Å². The molecule has 2 N–H and O–H groups in total. The maximum absolute atomic E-state index is 14.2. The summed E-state index contributed by atoms with van der Waals surface area (Å²) in [7, 11) is 1.50. The van der Waals surface area contributed by atoms with Gasteiger partial charge in [0.2, 0.25) is 0 Å². The number of benzene rings is 2. The third kappa shape index (κ3) is 2.22. The maximum Gasteiger partial charge on any atom is 0.131 e. The van der Waals surface area contributed by atoms with E-state index in [0.29, 0.717) is 5.56 Å². The summed E-state index contributed by atoms with van der Waals surface area (Å²) in [6.45, 7) is 3.14. The molecule has 1 aromatic heterocycles. The van der Waals surface area contributed by atoms with Gasteiger partial charge in [0.15, 0.2) is 0 Å². The van der Waals surface area contributed by atoms with Gasteiger partial charge in [-0.05, 0) is 44.0 Å². The molecule has 0 saturated heterocycles. The van der Waals surface area contributed by atoms with Crippen molar-refractivity contribution in [1.29, 1.82) is 0 Å². The van der Waals surface area contributed by atoms with Gasteiger partial charge in [-0.25, -0.2) is 4.39 Å². The van der Waals surface area contributed by atoms with Crippen LogP contribution in [0.2, 0.25) is 0 Å². The van der Waals surface area contributed by atoms with E-state index in [-0.39, 0.29) is 5.82 Å². The average molecular weight is 296 g/mol. The smallest absolute Gasteiger partial charge is 0.131 e. The van der Waals surface area contributed by atoms with Gasteiger partial charge in [-0.1, -0.05) is 30.3 Å². The highest BCUT2D eigenvalue weighted by Gasteiger charge is 2.19. The molecule has 0 aliphatic carbocycles. The zero-order valence-corrected chi connectivity index (χ0v) is 13.1. The van der Waals surface area contributed by atoms with Crippen LogP contribution in [0.1, 0.15) is 17.5 Å². The van der Waals surface area contributed by atoms with Crippen LogP contribution in [0.3, 0.4) is 0 Å². The normalized spacial score (nSPS) is 12.9. The molecule has 1 aliphatic heterocycles. The summed E-state index contributed by atoms with van der Waals surface area (Å²) in [5.74, 6) is -0.143. The predicted octanol–water partition coefficient (Wildman–Crippen LogP) is 4.28. The van der Waals surface area contributed by atoms with Crippen LogP contribution in [0.25, 0.3) is 22.0 Å². The second-order valence-corrected chi connectivity index (χ2v) is 5.58. The van der Waals surface area contributed by atoms with Crippen molar-refractivity contribution in [2.45, 2.75) is 26.3 Å². The van der Waals surface area contributed by atoms with Gasteiger partial charge in [-0.2, -0.15) is 0 Å². The minimum absolute atomic E-state index is 0.143. The molecule has 1 aliphatic rings. The zero-order valence-electron chi connectivity index (χ0n) is 13.1. The number of hydrogen-bond acceptors (Lipinski definition) is 1. The van der Waals surface area contributed by atoms with E-state index in [1.807, 2.05) is 12.1 Å². The third-order valence-electron chi connectivity index (χ3n) is 4.32. The second-order valence-electron chi connectivity index (χ2n) is 5.58. The molecular formula is C19H21FN2. The first-order chi connectivity index (χ1) is 10.8. The molecule has 2 aromatic carbocycles. The molecule has 0 radical (unpaired) electrons. The first-order valence-corrected chi connectivity index (χ1v) is 7.69. The summed E-state index contributed by atoms with van der Waals surface area (Å²) < 4.78 is 16.4. The Kier molecular flexibility index (Phi) is 3.99. The lowest BCUT2D eigenvalue weighted by molar-refractivity contribution is 0.629. The molecule has 0 spiro atoms. The SMILES string of the molecule is CN.Cc1ccc2c3c1c(-c1ccccc1F)cn3CCC2. The van der Waals surface area contributed by atoms with Crippen molar-refractivity contribution in [3.05, 3.63) is 59.5 Å². The fraction of sp³-hybridized carbons (Fsp3) is 0.263. The molecule has 2 nitrogen and oxygen atoms in total. The van der Waals surface area contributed by atoms with E-state index in [0.717, 1.165) is 24.9 Å². The van der Waals surface area contributed by atoms with Crippen LogP contribution in [0.5, 0.6) is 0 Å². The molecule has 3 heteroatoms. The van der Waals surface area contributed by atoms with Crippen molar-refractivity contribution in [3.63, 3.8) is 0 Å². The number of halogens is 1. The number of nitrogens with two attached hydrogens (primary N) is 1. The summed E-state index contributed by atoms with van der Waals surface area (Å²) in [4.78, 5) is 0. The Hall–Kier alpha value is -2.13. The van der Waals surface area contributed by atoms with E-state index in [1.54, 1.807) is 6.07 Å². The molecule has 0 atom stereocenters. The largest absolute Gasteiger partial charge is 0.347 e. The highest BCUT2D eigenvalue weighted by molar-refractivity contribution is 6.00. The molecule has 4 rings (SSSR count). The fourth-order valence-electron chi connectivity index (χ4n) is 3.39. The number of hydrogen-bond donors (Lipinski definition) is 1. The molecule has 0 amide bonds. The van der Waals surface area contributed by atoms with E-state index in [1.165, 1.54) is 35.1 Å². The lowest BCUT2D eigenvalue weighted by Gasteiger charge is -2.16. The third-order valence-corrected chi connectivity index (χ3v) is 4.32. The topological polar surface area (TPSA) is 30.9 Å². The summed E-state index contributed by atoms with van der Waals surface area (Å²) >= 11 is 0. The van der Waals surface area contributed by atoms with Crippen LogP contribution in [0.4, 0.5) is 4.39 Å². The molecule has 3 aromatic rings. The fourth-order valence-corrected chi connectivity index (χ4v) is 3.39. The second kappa shape index (κ2) is 5.93. The average Bonchev–Trinajstić information content (AvgIpc) is 2.95. The number of aromatic nitrogens is 1. The predicted molar refractivity (Wildman–Crippen MR) is 90.5 cm³/mol. The van der Waals surface area contributed by atoms with Gasteiger partial charge in [-0.3, -0.25) is 0 Å². The van der Waals surface area contributed by atoms with Gasteiger partial charge >= 0.3 is 0 Å². The summed E-state index contributed by atoms with van der Waals surface area (Å²) in [6, 6.07) is 11.4. The molecule has 2 heterocycles. The quantitative estimate of drug-likeness (QED) is 0.714. The van der Waals surface area contributed by atoms with Crippen molar-refractivity contribution < 1.29 is 4.39 Å². The Morgan fingerprint density at radius 3 is 2.59 bits per heavy atom. The van der Waals surface area contributed by atoms with Crippen molar-refractivity contribution in [2.24, 2.45) is 5.73 Å².